The van der Waals surface area contributed by atoms with Crippen LogP contribution in [0.3, 0.4) is 0 Å². The second-order valence-corrected chi connectivity index (χ2v) is 7.76. The molecule has 5 rings (SSSR count). The van der Waals surface area contributed by atoms with E-state index in [1.807, 2.05) is 0 Å². The largest absolute Gasteiger partial charge is 0.378 e. The van der Waals surface area contributed by atoms with Crippen LogP contribution in [0.5, 0.6) is 0 Å². The Bertz CT molecular complexity index is 1170. The summed E-state index contributed by atoms with van der Waals surface area (Å²) in [5.74, 6) is 0.997. The number of aryl methyl sites for hydroxylation is 2. The summed E-state index contributed by atoms with van der Waals surface area (Å²) in [6.45, 7) is 7.69. The van der Waals surface area contributed by atoms with Crippen LogP contribution in [0, 0.1) is 13.8 Å². The Morgan fingerprint density at radius 2 is 1.63 bits per heavy atom. The molecule has 2 aromatic carbocycles. The minimum absolute atomic E-state index is 0.790. The molecule has 0 saturated carbocycles. The van der Waals surface area contributed by atoms with Crippen LogP contribution in [-0.4, -0.2) is 35.7 Å². The summed E-state index contributed by atoms with van der Waals surface area (Å²) in [5, 5.41) is 3.65. The SMILES string of the molecule is Cc1ccccc1Nc1c(-c2ccc(N3CCOCC3)cc2)nc2cccc(C)n12. The van der Waals surface area contributed by atoms with E-state index in [4.69, 9.17) is 9.72 Å². The van der Waals surface area contributed by atoms with Crippen molar-refractivity contribution in [2.24, 2.45) is 0 Å². The predicted molar refractivity (Wildman–Crippen MR) is 123 cm³/mol. The van der Waals surface area contributed by atoms with E-state index in [9.17, 15) is 0 Å². The van der Waals surface area contributed by atoms with Gasteiger partial charge in [-0.3, -0.25) is 4.40 Å². The number of ether oxygens (including phenoxy) is 1. The van der Waals surface area contributed by atoms with E-state index >= 15 is 0 Å². The molecule has 0 atom stereocenters. The monoisotopic (exact) mass is 398 g/mol. The van der Waals surface area contributed by atoms with Crippen LogP contribution in [0.2, 0.25) is 0 Å². The van der Waals surface area contributed by atoms with Crippen molar-refractivity contribution in [2.45, 2.75) is 13.8 Å². The molecule has 3 heterocycles. The minimum Gasteiger partial charge on any atom is -0.378 e. The summed E-state index contributed by atoms with van der Waals surface area (Å²) in [7, 11) is 0. The molecule has 5 heteroatoms. The number of benzene rings is 2. The van der Waals surface area contributed by atoms with Gasteiger partial charge in [0.1, 0.15) is 17.2 Å². The fourth-order valence-electron chi connectivity index (χ4n) is 4.06. The zero-order valence-corrected chi connectivity index (χ0v) is 17.4. The first-order chi connectivity index (χ1) is 14.7. The van der Waals surface area contributed by atoms with Crippen LogP contribution in [0.15, 0.2) is 66.7 Å². The lowest BCUT2D eigenvalue weighted by molar-refractivity contribution is 0.122. The average Bonchev–Trinajstić information content (AvgIpc) is 3.16. The van der Waals surface area contributed by atoms with Gasteiger partial charge in [0.25, 0.3) is 0 Å². The minimum atomic E-state index is 0.790. The molecule has 1 N–H and O–H groups in total. The molecule has 1 aliphatic heterocycles. The molecule has 0 amide bonds. The lowest BCUT2D eigenvalue weighted by Gasteiger charge is -2.28. The van der Waals surface area contributed by atoms with Gasteiger partial charge in [-0.1, -0.05) is 36.4 Å². The molecule has 4 aromatic rings. The van der Waals surface area contributed by atoms with Gasteiger partial charge in [0.15, 0.2) is 0 Å². The fourth-order valence-corrected chi connectivity index (χ4v) is 4.06. The number of hydrogen-bond acceptors (Lipinski definition) is 4. The van der Waals surface area contributed by atoms with Crippen LogP contribution in [-0.2, 0) is 4.74 Å². The molecule has 0 spiro atoms. The molecule has 0 bridgehead atoms. The zero-order valence-electron chi connectivity index (χ0n) is 17.4. The van der Waals surface area contributed by atoms with E-state index < -0.39 is 0 Å². The molecule has 1 aliphatic rings. The van der Waals surface area contributed by atoms with Gasteiger partial charge >= 0.3 is 0 Å². The summed E-state index contributed by atoms with van der Waals surface area (Å²) < 4.78 is 7.67. The summed E-state index contributed by atoms with van der Waals surface area (Å²) in [5.41, 5.74) is 7.68. The average molecular weight is 399 g/mol. The highest BCUT2D eigenvalue weighted by molar-refractivity contribution is 5.81. The normalized spacial score (nSPS) is 14.3. The van der Waals surface area contributed by atoms with Crippen molar-refractivity contribution in [1.29, 1.82) is 0 Å². The second kappa shape index (κ2) is 7.84. The van der Waals surface area contributed by atoms with E-state index in [1.54, 1.807) is 0 Å². The number of morpholine rings is 1. The Morgan fingerprint density at radius 3 is 2.40 bits per heavy atom. The van der Waals surface area contributed by atoms with Gasteiger partial charge in [0.2, 0.25) is 0 Å². The van der Waals surface area contributed by atoms with Crippen molar-refractivity contribution in [3.8, 4) is 11.3 Å². The number of para-hydroxylation sites is 1. The quantitative estimate of drug-likeness (QED) is 0.513. The van der Waals surface area contributed by atoms with E-state index in [0.717, 1.165) is 60.4 Å². The van der Waals surface area contributed by atoms with Gasteiger partial charge in [-0.05, 0) is 49.7 Å². The number of pyridine rings is 1. The predicted octanol–water partition coefficient (Wildman–Crippen LogP) is 5.20. The van der Waals surface area contributed by atoms with E-state index in [0.29, 0.717) is 0 Å². The lowest BCUT2D eigenvalue weighted by atomic mass is 10.1. The Balaban J connectivity index is 1.58. The first-order valence-electron chi connectivity index (χ1n) is 10.4. The number of rotatable bonds is 4. The van der Waals surface area contributed by atoms with Crippen LogP contribution >= 0.6 is 0 Å². The Morgan fingerprint density at radius 1 is 0.867 bits per heavy atom. The lowest BCUT2D eigenvalue weighted by Crippen LogP contribution is -2.36. The highest BCUT2D eigenvalue weighted by Crippen LogP contribution is 2.34. The van der Waals surface area contributed by atoms with E-state index in [-0.39, 0.29) is 0 Å². The third-order valence-electron chi connectivity index (χ3n) is 5.75. The molecule has 1 saturated heterocycles. The molecule has 152 valence electrons. The van der Waals surface area contributed by atoms with Crippen molar-refractivity contribution in [1.82, 2.24) is 9.38 Å². The number of nitrogens with zero attached hydrogens (tertiary/aromatic N) is 3. The smallest absolute Gasteiger partial charge is 0.143 e. The number of imidazole rings is 1. The van der Waals surface area contributed by atoms with Crippen molar-refractivity contribution in [3.05, 3.63) is 78.0 Å². The van der Waals surface area contributed by atoms with Gasteiger partial charge in [0.05, 0.1) is 13.2 Å². The van der Waals surface area contributed by atoms with Crippen LogP contribution < -0.4 is 10.2 Å². The number of anilines is 3. The number of aromatic nitrogens is 2. The van der Waals surface area contributed by atoms with E-state index in [1.165, 1.54) is 11.3 Å². The van der Waals surface area contributed by atoms with Gasteiger partial charge in [-0.2, -0.15) is 0 Å². The maximum atomic E-state index is 5.48. The van der Waals surface area contributed by atoms with Gasteiger partial charge in [0, 0.05) is 35.7 Å². The molecular weight excluding hydrogens is 372 g/mol. The number of fused-ring (bicyclic) bond motifs is 1. The van der Waals surface area contributed by atoms with Crippen molar-refractivity contribution < 1.29 is 4.74 Å². The Kier molecular flexibility index (Phi) is 4.89. The molecule has 0 radical (unpaired) electrons. The zero-order chi connectivity index (χ0) is 20.5. The summed E-state index contributed by atoms with van der Waals surface area (Å²) in [6, 6.07) is 23.3. The van der Waals surface area contributed by atoms with Gasteiger partial charge in [-0.15, -0.1) is 0 Å². The third-order valence-corrected chi connectivity index (χ3v) is 5.75. The molecule has 1 fully saturated rings. The summed E-state index contributed by atoms with van der Waals surface area (Å²) >= 11 is 0. The first-order valence-corrected chi connectivity index (χ1v) is 10.4. The molecular formula is C25H26N4O. The fraction of sp³-hybridized carbons (Fsp3) is 0.240. The van der Waals surface area contributed by atoms with Crippen molar-refractivity contribution >= 4 is 22.8 Å². The Labute approximate surface area is 176 Å². The van der Waals surface area contributed by atoms with Crippen LogP contribution in [0.4, 0.5) is 17.2 Å². The second-order valence-electron chi connectivity index (χ2n) is 7.76. The maximum absolute atomic E-state index is 5.48. The maximum Gasteiger partial charge on any atom is 0.143 e. The highest BCUT2D eigenvalue weighted by Gasteiger charge is 2.17. The molecule has 30 heavy (non-hydrogen) atoms. The van der Waals surface area contributed by atoms with Crippen LogP contribution in [0.1, 0.15) is 11.3 Å². The van der Waals surface area contributed by atoms with Gasteiger partial charge < -0.3 is 15.0 Å². The molecule has 0 aliphatic carbocycles. The van der Waals surface area contributed by atoms with E-state index in [2.05, 4.69) is 95.2 Å². The highest BCUT2D eigenvalue weighted by atomic mass is 16.5. The molecule has 2 aromatic heterocycles. The first kappa shape index (κ1) is 18.7. The summed E-state index contributed by atoms with van der Waals surface area (Å²) in [4.78, 5) is 7.35. The number of nitrogens with one attached hydrogen (secondary N) is 1. The van der Waals surface area contributed by atoms with Crippen molar-refractivity contribution in [2.75, 3.05) is 36.5 Å². The molecule has 0 unspecified atom stereocenters. The summed E-state index contributed by atoms with van der Waals surface area (Å²) in [6.07, 6.45) is 0. The number of hydrogen-bond donors (Lipinski definition) is 1. The van der Waals surface area contributed by atoms with Crippen molar-refractivity contribution in [3.63, 3.8) is 0 Å². The third kappa shape index (κ3) is 3.42. The van der Waals surface area contributed by atoms with Crippen LogP contribution in [0.25, 0.3) is 16.9 Å². The van der Waals surface area contributed by atoms with Gasteiger partial charge in [-0.25, -0.2) is 4.98 Å². The Hall–Kier alpha value is -3.31. The topological polar surface area (TPSA) is 41.8 Å². The molecule has 5 nitrogen and oxygen atoms in total. The standard InChI is InChI=1S/C25H26N4O/c1-18-6-3-4-8-22(18)26-25-24(27-23-9-5-7-19(2)29(23)25)20-10-12-21(13-11-20)28-14-16-30-17-15-28/h3-13,26H,14-17H2,1-2H3.